The van der Waals surface area contributed by atoms with Gasteiger partial charge in [-0.15, -0.1) is 0 Å². The van der Waals surface area contributed by atoms with E-state index in [1.807, 2.05) is 0 Å². The Balaban J connectivity index is 2.20. The van der Waals surface area contributed by atoms with Crippen LogP contribution >= 0.6 is 0 Å². The van der Waals surface area contributed by atoms with Gasteiger partial charge in [0.15, 0.2) is 0 Å². The average Bonchev–Trinajstić information content (AvgIpc) is 2.21. The third kappa shape index (κ3) is 4.61. The van der Waals surface area contributed by atoms with Crippen molar-refractivity contribution < 1.29 is 14.3 Å². The van der Waals surface area contributed by atoms with E-state index in [2.05, 4.69) is 24.5 Å². The molecule has 1 heterocycles. The van der Waals surface area contributed by atoms with Crippen LogP contribution in [0.4, 0.5) is 0 Å². The Bertz CT molecular complexity index is 254. The van der Waals surface area contributed by atoms with Crippen molar-refractivity contribution in [3.63, 3.8) is 0 Å². The predicted molar refractivity (Wildman–Crippen MR) is 59.8 cm³/mol. The molecule has 0 aliphatic carbocycles. The highest BCUT2D eigenvalue weighted by Gasteiger charge is 2.24. The molecule has 5 heteroatoms. The Morgan fingerprint density at radius 2 is 2.25 bits per heavy atom. The smallest absolute Gasteiger partial charge is 0.307 e. The molecule has 1 atom stereocenters. The average molecular weight is 228 g/mol. The molecule has 0 aromatic heterocycles. The third-order valence-corrected chi connectivity index (χ3v) is 2.46. The van der Waals surface area contributed by atoms with Crippen LogP contribution in [0.15, 0.2) is 0 Å². The van der Waals surface area contributed by atoms with E-state index in [0.29, 0.717) is 25.6 Å². The number of rotatable bonds is 5. The van der Waals surface area contributed by atoms with Gasteiger partial charge in [-0.25, -0.2) is 0 Å². The zero-order valence-electron chi connectivity index (χ0n) is 9.91. The highest BCUT2D eigenvalue weighted by atomic mass is 16.5. The Morgan fingerprint density at radius 1 is 1.50 bits per heavy atom. The molecule has 1 aliphatic rings. The van der Waals surface area contributed by atoms with E-state index >= 15 is 0 Å². The van der Waals surface area contributed by atoms with E-state index in [4.69, 9.17) is 4.74 Å². The lowest BCUT2D eigenvalue weighted by molar-refractivity contribution is -0.146. The summed E-state index contributed by atoms with van der Waals surface area (Å²) in [7, 11) is 0. The van der Waals surface area contributed by atoms with Crippen LogP contribution in [-0.4, -0.2) is 37.6 Å². The molecule has 0 radical (unpaired) electrons. The van der Waals surface area contributed by atoms with Gasteiger partial charge in [0.05, 0.1) is 19.1 Å². The van der Waals surface area contributed by atoms with Gasteiger partial charge in [0.2, 0.25) is 5.91 Å². The van der Waals surface area contributed by atoms with E-state index < -0.39 is 6.04 Å². The molecule has 1 aliphatic heterocycles. The molecule has 1 amide bonds. The molecular formula is C11H20N2O3. The molecule has 2 N–H and O–H groups in total. The van der Waals surface area contributed by atoms with Crippen LogP contribution in [0, 0.1) is 5.92 Å². The first-order valence-corrected chi connectivity index (χ1v) is 5.76. The molecule has 5 nitrogen and oxygen atoms in total. The highest BCUT2D eigenvalue weighted by molar-refractivity contribution is 5.87. The molecule has 92 valence electrons. The lowest BCUT2D eigenvalue weighted by Gasteiger charge is -2.22. The maximum atomic E-state index is 11.4. The van der Waals surface area contributed by atoms with Crippen LogP contribution in [0.3, 0.4) is 0 Å². The minimum absolute atomic E-state index is 0.115. The topological polar surface area (TPSA) is 67.4 Å². The normalized spacial score (nSPS) is 20.7. The minimum Gasteiger partial charge on any atom is -0.466 e. The van der Waals surface area contributed by atoms with Crippen molar-refractivity contribution in [2.75, 3.05) is 19.7 Å². The van der Waals surface area contributed by atoms with Gasteiger partial charge in [-0.05, 0) is 12.3 Å². The van der Waals surface area contributed by atoms with Gasteiger partial charge in [-0.3, -0.25) is 9.59 Å². The Labute approximate surface area is 95.9 Å². The minimum atomic E-state index is -0.430. The van der Waals surface area contributed by atoms with Crippen LogP contribution < -0.4 is 10.6 Å². The van der Waals surface area contributed by atoms with Gasteiger partial charge in [-0.2, -0.15) is 0 Å². The maximum Gasteiger partial charge on any atom is 0.307 e. The second-order valence-electron chi connectivity index (χ2n) is 4.40. The molecular weight excluding hydrogens is 208 g/mol. The standard InChI is InChI=1S/C11H20N2O3/c1-8(2)3-6-16-10(14)7-9-11(15)13-5-4-12-9/h8-9,12H,3-7H2,1-2H3,(H,13,15). The van der Waals surface area contributed by atoms with Crippen LogP contribution in [0.1, 0.15) is 26.7 Å². The van der Waals surface area contributed by atoms with E-state index in [1.165, 1.54) is 0 Å². The molecule has 1 unspecified atom stereocenters. The monoisotopic (exact) mass is 228 g/mol. The van der Waals surface area contributed by atoms with Crippen molar-refractivity contribution in [2.45, 2.75) is 32.7 Å². The first kappa shape index (κ1) is 13.0. The molecule has 1 saturated heterocycles. The van der Waals surface area contributed by atoms with E-state index in [-0.39, 0.29) is 18.3 Å². The van der Waals surface area contributed by atoms with Crippen molar-refractivity contribution >= 4 is 11.9 Å². The quantitative estimate of drug-likeness (QED) is 0.653. The molecule has 0 bridgehead atoms. The number of carbonyl (C=O) groups is 2. The molecule has 1 fully saturated rings. The summed E-state index contributed by atoms with van der Waals surface area (Å²) in [4.78, 5) is 22.7. The van der Waals surface area contributed by atoms with Crippen LogP contribution in [-0.2, 0) is 14.3 Å². The van der Waals surface area contributed by atoms with Crippen LogP contribution in [0.2, 0.25) is 0 Å². The van der Waals surface area contributed by atoms with Crippen LogP contribution in [0.25, 0.3) is 0 Å². The summed E-state index contributed by atoms with van der Waals surface area (Å²) >= 11 is 0. The fourth-order valence-electron chi connectivity index (χ4n) is 1.45. The summed E-state index contributed by atoms with van der Waals surface area (Å²) in [5, 5.41) is 5.69. The van der Waals surface area contributed by atoms with Crippen molar-refractivity contribution in [1.82, 2.24) is 10.6 Å². The molecule has 0 spiro atoms. The second kappa shape index (κ2) is 6.48. The molecule has 16 heavy (non-hydrogen) atoms. The zero-order valence-corrected chi connectivity index (χ0v) is 9.91. The Hall–Kier alpha value is -1.10. The number of amides is 1. The largest absolute Gasteiger partial charge is 0.466 e. The van der Waals surface area contributed by atoms with E-state index in [1.54, 1.807) is 0 Å². The van der Waals surface area contributed by atoms with Crippen molar-refractivity contribution in [3.8, 4) is 0 Å². The number of ether oxygens (including phenoxy) is 1. The number of esters is 1. The van der Waals surface area contributed by atoms with Gasteiger partial charge in [-0.1, -0.05) is 13.8 Å². The number of hydrogen-bond acceptors (Lipinski definition) is 4. The van der Waals surface area contributed by atoms with Crippen molar-refractivity contribution in [3.05, 3.63) is 0 Å². The van der Waals surface area contributed by atoms with Crippen LogP contribution in [0.5, 0.6) is 0 Å². The lowest BCUT2D eigenvalue weighted by Crippen LogP contribution is -2.53. The second-order valence-corrected chi connectivity index (χ2v) is 4.40. The first-order valence-electron chi connectivity index (χ1n) is 5.76. The fourth-order valence-corrected chi connectivity index (χ4v) is 1.45. The van der Waals surface area contributed by atoms with Gasteiger partial charge < -0.3 is 15.4 Å². The molecule has 0 aromatic rings. The predicted octanol–water partition coefficient (Wildman–Crippen LogP) is 0.0538. The summed E-state index contributed by atoms with van der Waals surface area (Å²) in [6.07, 6.45) is 0.972. The molecule has 1 rings (SSSR count). The van der Waals surface area contributed by atoms with Crippen molar-refractivity contribution in [2.24, 2.45) is 5.92 Å². The van der Waals surface area contributed by atoms with E-state index in [9.17, 15) is 9.59 Å². The summed E-state index contributed by atoms with van der Waals surface area (Å²) in [5.41, 5.74) is 0. The summed E-state index contributed by atoms with van der Waals surface area (Å²) in [6.45, 7) is 5.91. The Kier molecular flexibility index (Phi) is 5.25. The summed E-state index contributed by atoms with van der Waals surface area (Å²) < 4.78 is 5.04. The number of piperazine rings is 1. The zero-order chi connectivity index (χ0) is 12.0. The first-order chi connectivity index (χ1) is 7.59. The fraction of sp³-hybridized carbons (Fsp3) is 0.818. The maximum absolute atomic E-state index is 11.4. The Morgan fingerprint density at radius 3 is 2.88 bits per heavy atom. The third-order valence-electron chi connectivity index (χ3n) is 2.46. The molecule has 0 aromatic carbocycles. The molecule has 0 saturated carbocycles. The SMILES string of the molecule is CC(C)CCOC(=O)CC1NCCNC1=O. The lowest BCUT2D eigenvalue weighted by atomic mass is 10.1. The van der Waals surface area contributed by atoms with E-state index in [0.717, 1.165) is 6.42 Å². The number of carbonyl (C=O) groups excluding carboxylic acids is 2. The van der Waals surface area contributed by atoms with Crippen molar-refractivity contribution in [1.29, 1.82) is 0 Å². The number of hydrogen-bond donors (Lipinski definition) is 2. The van der Waals surface area contributed by atoms with Gasteiger partial charge in [0, 0.05) is 13.1 Å². The van der Waals surface area contributed by atoms with Gasteiger partial charge in [0.25, 0.3) is 0 Å². The number of nitrogens with one attached hydrogen (secondary N) is 2. The highest BCUT2D eigenvalue weighted by Crippen LogP contribution is 2.02. The van der Waals surface area contributed by atoms with Gasteiger partial charge >= 0.3 is 5.97 Å². The summed E-state index contributed by atoms with van der Waals surface area (Å²) in [6, 6.07) is -0.430. The van der Waals surface area contributed by atoms with Gasteiger partial charge in [0.1, 0.15) is 0 Å². The summed E-state index contributed by atoms with van der Waals surface area (Å²) in [5.74, 6) is 0.0890.